The minimum atomic E-state index is 0.857. The summed E-state index contributed by atoms with van der Waals surface area (Å²) in [5.41, 5.74) is 2.69. The predicted octanol–water partition coefficient (Wildman–Crippen LogP) is 2.85. The van der Waals surface area contributed by atoms with E-state index in [0.717, 1.165) is 38.6 Å². The van der Waals surface area contributed by atoms with Crippen molar-refractivity contribution in [2.45, 2.75) is 52.6 Å². The normalized spacial score (nSPS) is 17.0. The van der Waals surface area contributed by atoms with Crippen LogP contribution in [0.2, 0.25) is 0 Å². The Morgan fingerprint density at radius 2 is 2.15 bits per heavy atom. The van der Waals surface area contributed by atoms with Crippen LogP contribution in [-0.4, -0.2) is 41.5 Å². The number of ether oxygens (including phenoxy) is 1. The summed E-state index contributed by atoms with van der Waals surface area (Å²) in [7, 11) is 2.22. The van der Waals surface area contributed by atoms with Gasteiger partial charge in [-0.1, -0.05) is 6.92 Å². The molecule has 0 aromatic carbocycles. The van der Waals surface area contributed by atoms with E-state index in [4.69, 9.17) is 4.74 Å². The van der Waals surface area contributed by atoms with Gasteiger partial charge in [0.2, 0.25) is 0 Å². The molecule has 114 valence electrons. The molecule has 1 fully saturated rings. The van der Waals surface area contributed by atoms with Crippen LogP contribution in [0.25, 0.3) is 0 Å². The molecular weight excluding hydrogens is 250 g/mol. The van der Waals surface area contributed by atoms with Crippen molar-refractivity contribution in [1.29, 1.82) is 0 Å². The molecule has 1 aromatic rings. The Morgan fingerprint density at radius 3 is 2.85 bits per heavy atom. The number of aromatic nitrogens is 2. The molecule has 2 rings (SSSR count). The van der Waals surface area contributed by atoms with E-state index in [2.05, 4.69) is 35.6 Å². The van der Waals surface area contributed by atoms with Crippen LogP contribution in [0.15, 0.2) is 6.20 Å². The molecule has 0 atom stereocenters. The van der Waals surface area contributed by atoms with Gasteiger partial charge < -0.3 is 9.64 Å². The van der Waals surface area contributed by atoms with Crippen LogP contribution in [0.3, 0.4) is 0 Å². The lowest BCUT2D eigenvalue weighted by Crippen LogP contribution is -2.24. The lowest BCUT2D eigenvalue weighted by molar-refractivity contribution is 0.0608. The average molecular weight is 279 g/mol. The summed E-state index contributed by atoms with van der Waals surface area (Å²) in [5.74, 6) is 0.857. The van der Waals surface area contributed by atoms with Crippen molar-refractivity contribution >= 4 is 0 Å². The SMILES string of the molecule is CCCn1ncc(CN(C)CCC2CCOCC2)c1C. The minimum Gasteiger partial charge on any atom is -0.381 e. The summed E-state index contributed by atoms with van der Waals surface area (Å²) in [5, 5.41) is 4.48. The van der Waals surface area contributed by atoms with Gasteiger partial charge in [0.15, 0.2) is 0 Å². The molecular formula is C16H29N3O. The van der Waals surface area contributed by atoms with Crippen molar-refractivity contribution in [3.8, 4) is 0 Å². The van der Waals surface area contributed by atoms with Gasteiger partial charge in [-0.15, -0.1) is 0 Å². The Bertz CT molecular complexity index is 396. The standard InChI is InChI=1S/C16H29N3O/c1-4-8-19-14(2)16(12-17-19)13-18(3)9-5-15-6-10-20-11-7-15/h12,15H,4-11,13H2,1-3H3. The molecule has 1 aliphatic rings. The van der Waals surface area contributed by atoms with Gasteiger partial charge in [0.1, 0.15) is 0 Å². The number of nitrogens with zero attached hydrogens (tertiary/aromatic N) is 3. The van der Waals surface area contributed by atoms with Gasteiger partial charge in [0, 0.05) is 37.6 Å². The molecule has 20 heavy (non-hydrogen) atoms. The Balaban J connectivity index is 1.77. The molecule has 0 bridgehead atoms. The van der Waals surface area contributed by atoms with Gasteiger partial charge in [-0.3, -0.25) is 4.68 Å². The maximum Gasteiger partial charge on any atom is 0.0537 e. The fourth-order valence-corrected chi connectivity index (χ4v) is 2.89. The van der Waals surface area contributed by atoms with Gasteiger partial charge in [-0.05, 0) is 52.1 Å². The molecule has 0 aliphatic carbocycles. The average Bonchev–Trinajstić information content (AvgIpc) is 2.80. The zero-order valence-corrected chi connectivity index (χ0v) is 13.3. The first-order valence-corrected chi connectivity index (χ1v) is 7.98. The molecule has 0 saturated carbocycles. The fraction of sp³-hybridized carbons (Fsp3) is 0.812. The second-order valence-electron chi connectivity index (χ2n) is 6.06. The summed E-state index contributed by atoms with van der Waals surface area (Å²) in [6.45, 7) is 9.50. The van der Waals surface area contributed by atoms with Crippen molar-refractivity contribution in [3.05, 3.63) is 17.5 Å². The van der Waals surface area contributed by atoms with Crippen molar-refractivity contribution in [1.82, 2.24) is 14.7 Å². The molecule has 4 nitrogen and oxygen atoms in total. The van der Waals surface area contributed by atoms with Crippen molar-refractivity contribution in [2.24, 2.45) is 5.92 Å². The first-order chi connectivity index (χ1) is 9.70. The maximum atomic E-state index is 5.42. The zero-order valence-electron chi connectivity index (χ0n) is 13.3. The van der Waals surface area contributed by atoms with E-state index >= 15 is 0 Å². The number of rotatable bonds is 7. The van der Waals surface area contributed by atoms with E-state index in [1.807, 2.05) is 6.20 Å². The lowest BCUT2D eigenvalue weighted by atomic mass is 9.96. The summed E-state index contributed by atoms with van der Waals surface area (Å²) >= 11 is 0. The first-order valence-electron chi connectivity index (χ1n) is 7.98. The van der Waals surface area contributed by atoms with Crippen LogP contribution >= 0.6 is 0 Å². The molecule has 0 radical (unpaired) electrons. The summed E-state index contributed by atoms with van der Waals surface area (Å²) in [6.07, 6.45) is 6.95. The summed E-state index contributed by atoms with van der Waals surface area (Å²) in [6, 6.07) is 0. The largest absolute Gasteiger partial charge is 0.381 e. The highest BCUT2D eigenvalue weighted by atomic mass is 16.5. The molecule has 1 aliphatic heterocycles. The molecule has 4 heteroatoms. The van der Waals surface area contributed by atoms with E-state index in [1.165, 1.54) is 37.1 Å². The maximum absolute atomic E-state index is 5.42. The molecule has 0 spiro atoms. The van der Waals surface area contributed by atoms with E-state index in [9.17, 15) is 0 Å². The Labute approximate surface area is 123 Å². The third-order valence-electron chi connectivity index (χ3n) is 4.34. The van der Waals surface area contributed by atoms with Crippen LogP contribution < -0.4 is 0 Å². The van der Waals surface area contributed by atoms with Gasteiger partial charge in [-0.2, -0.15) is 5.10 Å². The number of aryl methyl sites for hydroxylation is 1. The molecule has 0 amide bonds. The molecule has 1 saturated heterocycles. The molecule has 0 N–H and O–H groups in total. The highest BCUT2D eigenvalue weighted by Gasteiger charge is 2.15. The Morgan fingerprint density at radius 1 is 1.40 bits per heavy atom. The third kappa shape index (κ3) is 4.32. The highest BCUT2D eigenvalue weighted by Crippen LogP contribution is 2.19. The third-order valence-corrected chi connectivity index (χ3v) is 4.34. The second-order valence-corrected chi connectivity index (χ2v) is 6.06. The fourth-order valence-electron chi connectivity index (χ4n) is 2.89. The predicted molar refractivity (Wildman–Crippen MR) is 81.7 cm³/mol. The zero-order chi connectivity index (χ0) is 14.4. The molecule has 1 aromatic heterocycles. The minimum absolute atomic E-state index is 0.857. The van der Waals surface area contributed by atoms with Crippen LogP contribution in [-0.2, 0) is 17.8 Å². The van der Waals surface area contributed by atoms with Crippen LogP contribution in [0.1, 0.15) is 43.9 Å². The van der Waals surface area contributed by atoms with E-state index in [0.29, 0.717) is 0 Å². The number of hydrogen-bond donors (Lipinski definition) is 0. The summed E-state index contributed by atoms with van der Waals surface area (Å²) in [4.78, 5) is 2.43. The van der Waals surface area contributed by atoms with Crippen molar-refractivity contribution in [3.63, 3.8) is 0 Å². The van der Waals surface area contributed by atoms with Gasteiger partial charge in [0.05, 0.1) is 6.20 Å². The topological polar surface area (TPSA) is 30.3 Å². The lowest BCUT2D eigenvalue weighted by Gasteiger charge is -2.24. The second kappa shape index (κ2) is 7.79. The van der Waals surface area contributed by atoms with Crippen molar-refractivity contribution in [2.75, 3.05) is 26.8 Å². The van der Waals surface area contributed by atoms with Crippen LogP contribution in [0.4, 0.5) is 0 Å². The highest BCUT2D eigenvalue weighted by molar-refractivity contribution is 5.15. The monoisotopic (exact) mass is 279 g/mol. The summed E-state index contributed by atoms with van der Waals surface area (Å²) < 4.78 is 7.55. The smallest absolute Gasteiger partial charge is 0.0537 e. The first kappa shape index (κ1) is 15.5. The Hall–Kier alpha value is -0.870. The number of hydrogen-bond acceptors (Lipinski definition) is 3. The van der Waals surface area contributed by atoms with Crippen LogP contribution in [0.5, 0.6) is 0 Å². The van der Waals surface area contributed by atoms with Crippen molar-refractivity contribution < 1.29 is 4.74 Å². The van der Waals surface area contributed by atoms with Crippen LogP contribution in [0, 0.1) is 12.8 Å². The molecule has 2 heterocycles. The Kier molecular flexibility index (Phi) is 6.05. The van der Waals surface area contributed by atoms with Gasteiger partial charge in [-0.25, -0.2) is 0 Å². The molecule has 0 unspecified atom stereocenters. The van der Waals surface area contributed by atoms with E-state index in [-0.39, 0.29) is 0 Å². The van der Waals surface area contributed by atoms with E-state index in [1.54, 1.807) is 0 Å². The van der Waals surface area contributed by atoms with E-state index < -0.39 is 0 Å². The van der Waals surface area contributed by atoms with Gasteiger partial charge in [0.25, 0.3) is 0 Å². The quantitative estimate of drug-likeness (QED) is 0.769. The van der Waals surface area contributed by atoms with Gasteiger partial charge >= 0.3 is 0 Å².